The quantitative estimate of drug-likeness (QED) is 0.260. The first-order valence-electron chi connectivity index (χ1n) is 16.6. The molecule has 4 rings (SSSR count). The Hall–Kier alpha value is -4.24. The Bertz CT molecular complexity index is 1690. The van der Waals surface area contributed by atoms with Gasteiger partial charge in [0, 0.05) is 44.0 Å². The molecule has 12 nitrogen and oxygen atoms in total. The fourth-order valence-electron chi connectivity index (χ4n) is 5.57. The van der Waals surface area contributed by atoms with E-state index in [0.717, 1.165) is 6.42 Å². The lowest BCUT2D eigenvalue weighted by Crippen LogP contribution is -2.48. The second-order valence-corrected chi connectivity index (χ2v) is 14.6. The number of benzene rings is 3. The minimum atomic E-state index is -3.87. The van der Waals surface area contributed by atoms with Gasteiger partial charge in [-0.2, -0.15) is 4.31 Å². The zero-order chi connectivity index (χ0) is 36.4. The number of fused-ring (bicyclic) bond motifs is 1. The molecule has 1 heterocycles. The van der Waals surface area contributed by atoms with Gasteiger partial charge in [-0.1, -0.05) is 6.92 Å². The van der Waals surface area contributed by atoms with E-state index in [0.29, 0.717) is 42.3 Å². The minimum Gasteiger partial charge on any atom is -0.497 e. The van der Waals surface area contributed by atoms with Gasteiger partial charge < -0.3 is 34.9 Å². The lowest BCUT2D eigenvalue weighted by molar-refractivity contribution is -0.00834. The first-order chi connectivity index (χ1) is 23.8. The van der Waals surface area contributed by atoms with Crippen molar-refractivity contribution in [3.05, 3.63) is 78.1 Å². The molecule has 0 saturated carbocycles. The Morgan fingerprint density at radius 1 is 1.06 bits per heavy atom. The van der Waals surface area contributed by atoms with E-state index in [1.807, 2.05) is 13.8 Å². The molecule has 0 aromatic heterocycles. The van der Waals surface area contributed by atoms with Crippen LogP contribution in [0.1, 0.15) is 50.4 Å². The van der Waals surface area contributed by atoms with Crippen molar-refractivity contribution in [2.45, 2.75) is 63.2 Å². The molecule has 0 radical (unpaired) electrons. The maximum atomic E-state index is 14.4. The lowest BCUT2D eigenvalue weighted by Gasteiger charge is -2.35. The van der Waals surface area contributed by atoms with Crippen LogP contribution in [0.5, 0.6) is 11.5 Å². The minimum absolute atomic E-state index is 0.0262. The first-order valence-corrected chi connectivity index (χ1v) is 18.0. The third kappa shape index (κ3) is 10.2. The van der Waals surface area contributed by atoms with Gasteiger partial charge in [-0.15, -0.1) is 0 Å². The van der Waals surface area contributed by atoms with E-state index in [4.69, 9.17) is 14.2 Å². The number of hydrogen-bond donors (Lipinski definition) is 3. The van der Waals surface area contributed by atoms with Gasteiger partial charge in [0.05, 0.1) is 42.4 Å². The van der Waals surface area contributed by atoms with Gasteiger partial charge in [-0.25, -0.2) is 17.6 Å². The van der Waals surface area contributed by atoms with Crippen LogP contribution in [0.3, 0.4) is 0 Å². The fourth-order valence-corrected chi connectivity index (χ4v) is 6.75. The summed E-state index contributed by atoms with van der Waals surface area (Å²) in [5, 5.41) is 15.6. The maximum Gasteiger partial charge on any atom is 0.323 e. The van der Waals surface area contributed by atoms with Gasteiger partial charge in [0.2, 0.25) is 10.0 Å². The van der Waals surface area contributed by atoms with Crippen LogP contribution in [-0.2, 0) is 14.8 Å². The molecule has 3 aromatic carbocycles. The van der Waals surface area contributed by atoms with E-state index in [9.17, 15) is 27.5 Å². The number of amides is 3. The monoisotopic (exact) mass is 714 g/mol. The van der Waals surface area contributed by atoms with Crippen molar-refractivity contribution < 1.29 is 41.7 Å². The number of sulfonamides is 1. The molecule has 272 valence electrons. The van der Waals surface area contributed by atoms with Crippen molar-refractivity contribution in [3.8, 4) is 11.5 Å². The summed E-state index contributed by atoms with van der Waals surface area (Å²) in [5.41, 5.74) is 0.870. The normalized spacial score (nSPS) is 19.9. The number of methoxy groups -OCH3 is 1. The van der Waals surface area contributed by atoms with E-state index in [2.05, 4.69) is 10.6 Å². The SMILES string of the molecule is COc1ccc(S(=O)(=O)N(C)C[C@H]2OCCCC[C@@H](C)Oc3ccc(NC(=O)Nc4ccc(F)cc4)cc3C(=O)N([C@@H](C)CO)C[C@H]2C)cc1. The number of urea groups is 1. The molecule has 0 unspecified atom stereocenters. The van der Waals surface area contributed by atoms with Crippen LogP contribution in [0, 0.1) is 11.7 Å². The number of aliphatic hydroxyl groups is 1. The van der Waals surface area contributed by atoms with Gasteiger partial charge in [-0.3, -0.25) is 4.79 Å². The van der Waals surface area contributed by atoms with Crippen LogP contribution in [0.2, 0.25) is 0 Å². The molecule has 3 aromatic rings. The predicted molar refractivity (Wildman–Crippen MR) is 189 cm³/mol. The van der Waals surface area contributed by atoms with Gasteiger partial charge >= 0.3 is 6.03 Å². The molecule has 1 aliphatic rings. The van der Waals surface area contributed by atoms with Gasteiger partial charge in [0.25, 0.3) is 5.91 Å². The summed E-state index contributed by atoms with van der Waals surface area (Å²) in [7, 11) is -0.870. The second kappa shape index (κ2) is 17.6. The van der Waals surface area contributed by atoms with Gasteiger partial charge in [0.15, 0.2) is 0 Å². The number of nitrogens with zero attached hydrogens (tertiary/aromatic N) is 2. The lowest BCUT2D eigenvalue weighted by atomic mass is 10.0. The van der Waals surface area contributed by atoms with Crippen molar-refractivity contribution >= 4 is 33.3 Å². The van der Waals surface area contributed by atoms with E-state index in [1.54, 1.807) is 31.2 Å². The smallest absolute Gasteiger partial charge is 0.323 e. The number of hydrogen-bond acceptors (Lipinski definition) is 8. The molecular weight excluding hydrogens is 667 g/mol. The summed E-state index contributed by atoms with van der Waals surface area (Å²) >= 11 is 0. The number of rotatable bonds is 9. The summed E-state index contributed by atoms with van der Waals surface area (Å²) in [6.07, 6.45) is 1.29. The Morgan fingerprint density at radius 3 is 2.38 bits per heavy atom. The van der Waals surface area contributed by atoms with Crippen molar-refractivity contribution in [2.75, 3.05) is 51.1 Å². The van der Waals surface area contributed by atoms with E-state index >= 15 is 0 Å². The van der Waals surface area contributed by atoms with Gasteiger partial charge in [-0.05, 0) is 99.8 Å². The Morgan fingerprint density at radius 2 is 1.72 bits per heavy atom. The predicted octanol–water partition coefficient (Wildman–Crippen LogP) is 5.59. The molecule has 0 saturated heterocycles. The average Bonchev–Trinajstić information content (AvgIpc) is 3.10. The standard InChI is InChI=1S/C36H47FN4O8S/c1-24-21-41(25(2)23-42)35(43)32-20-29(39-36(44)38-28-11-9-27(37)10-12-28)13-18-33(32)49-26(3)8-6-7-19-48-34(24)22-40(4)50(45,46)31-16-14-30(47-5)15-17-31/h9-18,20,24-26,34,42H,6-8,19,21-23H2,1-5H3,(H2,38,39,44)/t24-,25+,26-,34-/m1/s1. The van der Waals surface area contributed by atoms with Gasteiger partial charge in [0.1, 0.15) is 17.3 Å². The summed E-state index contributed by atoms with van der Waals surface area (Å²) in [6, 6.07) is 15.0. The van der Waals surface area contributed by atoms with Crippen molar-refractivity contribution in [1.29, 1.82) is 0 Å². The molecule has 1 aliphatic heterocycles. The Labute approximate surface area is 293 Å². The number of ether oxygens (including phenoxy) is 3. The topological polar surface area (TPSA) is 147 Å². The Kier molecular flexibility index (Phi) is 13.6. The molecular formula is C36H47FN4O8S. The molecule has 4 atom stereocenters. The molecule has 50 heavy (non-hydrogen) atoms. The van der Waals surface area contributed by atoms with Crippen LogP contribution in [0.25, 0.3) is 0 Å². The molecule has 3 amide bonds. The Balaban J connectivity index is 1.61. The van der Waals surface area contributed by atoms with Crippen LogP contribution >= 0.6 is 0 Å². The van der Waals surface area contributed by atoms with E-state index < -0.39 is 39.9 Å². The second-order valence-electron chi connectivity index (χ2n) is 12.6. The van der Waals surface area contributed by atoms with Crippen molar-refractivity contribution in [1.82, 2.24) is 9.21 Å². The van der Waals surface area contributed by atoms with Crippen LogP contribution in [0.15, 0.2) is 71.6 Å². The third-order valence-electron chi connectivity index (χ3n) is 8.62. The molecule has 0 bridgehead atoms. The highest BCUT2D eigenvalue weighted by Gasteiger charge is 2.32. The van der Waals surface area contributed by atoms with E-state index in [1.165, 1.54) is 65.8 Å². The summed E-state index contributed by atoms with van der Waals surface area (Å²) < 4.78 is 59.3. The molecule has 0 fully saturated rings. The average molecular weight is 715 g/mol. The highest BCUT2D eigenvalue weighted by atomic mass is 32.2. The first kappa shape index (κ1) is 38.6. The largest absolute Gasteiger partial charge is 0.497 e. The number of halogens is 1. The van der Waals surface area contributed by atoms with Crippen LogP contribution in [-0.4, -0.2) is 93.4 Å². The summed E-state index contributed by atoms with van der Waals surface area (Å²) in [6.45, 7) is 5.70. The van der Waals surface area contributed by atoms with E-state index in [-0.39, 0.29) is 42.2 Å². The maximum absolute atomic E-state index is 14.4. The molecule has 0 spiro atoms. The zero-order valence-corrected chi connectivity index (χ0v) is 29.9. The fraction of sp³-hybridized carbons (Fsp3) is 0.444. The van der Waals surface area contributed by atoms with Crippen LogP contribution < -0.4 is 20.1 Å². The number of carbonyl (C=O) groups excluding carboxylic acids is 2. The summed E-state index contributed by atoms with van der Waals surface area (Å²) in [4.78, 5) is 28.8. The third-order valence-corrected chi connectivity index (χ3v) is 10.5. The van der Waals surface area contributed by atoms with Crippen molar-refractivity contribution in [2.24, 2.45) is 5.92 Å². The number of nitrogens with one attached hydrogen (secondary N) is 2. The number of likely N-dealkylation sites (N-methyl/N-ethyl adjacent to an activating group) is 1. The molecule has 3 N–H and O–H groups in total. The number of carbonyl (C=O) groups is 2. The number of aliphatic hydroxyl groups excluding tert-OH is 1. The molecule has 0 aliphatic carbocycles. The zero-order valence-electron chi connectivity index (χ0n) is 29.1. The summed E-state index contributed by atoms with van der Waals surface area (Å²) in [5.74, 6) is -0.386. The van der Waals surface area contributed by atoms with Crippen molar-refractivity contribution in [3.63, 3.8) is 0 Å². The highest BCUT2D eigenvalue weighted by Crippen LogP contribution is 2.29. The highest BCUT2D eigenvalue weighted by molar-refractivity contribution is 7.89. The molecule has 14 heteroatoms. The number of anilines is 2. The van der Waals surface area contributed by atoms with Crippen LogP contribution in [0.4, 0.5) is 20.6 Å².